The molecule has 0 unspecified atom stereocenters. The van der Waals surface area contributed by atoms with Crippen LogP contribution >= 0.6 is 0 Å². The number of carbonyl (C=O) groups is 1. The third kappa shape index (κ3) is 3.01. The number of carboxylic acids is 1. The molecule has 0 radical (unpaired) electrons. The Morgan fingerprint density at radius 3 is 3.00 bits per heavy atom. The Hall–Kier alpha value is -2.11. The predicted molar refractivity (Wildman–Crippen MR) is 68.5 cm³/mol. The zero-order valence-electron chi connectivity index (χ0n) is 10.5. The monoisotopic (exact) mass is 266 g/mol. The second-order valence-electron chi connectivity index (χ2n) is 4.28. The van der Waals surface area contributed by atoms with E-state index in [0.29, 0.717) is 12.0 Å². The van der Waals surface area contributed by atoms with Crippen molar-refractivity contribution < 1.29 is 18.7 Å². The highest BCUT2D eigenvalue weighted by atomic mass is 19.1. The van der Waals surface area contributed by atoms with Gasteiger partial charge in [0.15, 0.2) is 11.4 Å². The summed E-state index contributed by atoms with van der Waals surface area (Å²) in [6, 6.07) is 3.62. The number of unbranched alkanes of at least 4 members (excludes halogenated alkanes) is 1. The number of anilines is 1. The summed E-state index contributed by atoms with van der Waals surface area (Å²) in [6.45, 7) is 1.98. The molecule has 2 aromatic rings. The van der Waals surface area contributed by atoms with E-state index in [0.717, 1.165) is 12.8 Å². The Labute approximate surface area is 109 Å². The second kappa shape index (κ2) is 5.69. The highest BCUT2D eigenvalue weighted by molar-refractivity contribution is 5.78. The molecule has 1 atom stereocenters. The Balaban J connectivity index is 2.19. The number of nitrogens with zero attached hydrogens (tertiary/aromatic N) is 1. The van der Waals surface area contributed by atoms with Crippen LogP contribution in [0.25, 0.3) is 11.1 Å². The molecule has 102 valence electrons. The van der Waals surface area contributed by atoms with Crippen LogP contribution in [0.3, 0.4) is 0 Å². The molecule has 6 heteroatoms. The number of fused-ring (bicyclic) bond motifs is 1. The number of para-hydroxylation sites is 1. The molecule has 0 aliphatic rings. The van der Waals surface area contributed by atoms with Crippen LogP contribution in [0.4, 0.5) is 10.4 Å². The van der Waals surface area contributed by atoms with Gasteiger partial charge in [0.1, 0.15) is 11.6 Å². The van der Waals surface area contributed by atoms with Gasteiger partial charge >= 0.3 is 5.97 Å². The summed E-state index contributed by atoms with van der Waals surface area (Å²) in [4.78, 5) is 15.0. The number of nitrogens with one attached hydrogen (secondary N) is 1. The lowest BCUT2D eigenvalue weighted by Crippen LogP contribution is -2.29. The van der Waals surface area contributed by atoms with Gasteiger partial charge in [0, 0.05) is 0 Å². The summed E-state index contributed by atoms with van der Waals surface area (Å²) < 4.78 is 18.7. The summed E-state index contributed by atoms with van der Waals surface area (Å²) >= 11 is 0. The Morgan fingerprint density at radius 2 is 2.37 bits per heavy atom. The summed E-state index contributed by atoms with van der Waals surface area (Å²) in [5, 5.41) is 11.8. The van der Waals surface area contributed by atoms with E-state index in [1.165, 1.54) is 12.1 Å². The highest BCUT2D eigenvalue weighted by Crippen LogP contribution is 2.22. The first kappa shape index (κ1) is 13.3. The minimum atomic E-state index is -0.976. The SMILES string of the molecule is CCCC[C@H](Nc1nc2c(F)cccc2o1)C(=O)O. The van der Waals surface area contributed by atoms with Crippen LogP contribution in [-0.4, -0.2) is 22.1 Å². The van der Waals surface area contributed by atoms with Crippen molar-refractivity contribution >= 4 is 23.1 Å². The number of oxazole rings is 1. The van der Waals surface area contributed by atoms with Gasteiger partial charge in [0.2, 0.25) is 0 Å². The number of halogens is 1. The lowest BCUT2D eigenvalue weighted by molar-refractivity contribution is -0.138. The molecule has 2 rings (SSSR count). The molecule has 5 nitrogen and oxygen atoms in total. The number of benzene rings is 1. The molecule has 19 heavy (non-hydrogen) atoms. The minimum Gasteiger partial charge on any atom is -0.480 e. The largest absolute Gasteiger partial charge is 0.480 e. The van der Waals surface area contributed by atoms with Crippen molar-refractivity contribution in [3.05, 3.63) is 24.0 Å². The average Bonchev–Trinajstić information content (AvgIpc) is 2.78. The zero-order valence-corrected chi connectivity index (χ0v) is 10.5. The smallest absolute Gasteiger partial charge is 0.326 e. The van der Waals surface area contributed by atoms with E-state index in [-0.39, 0.29) is 11.5 Å². The van der Waals surface area contributed by atoms with Crippen molar-refractivity contribution in [3.63, 3.8) is 0 Å². The maximum absolute atomic E-state index is 13.4. The lowest BCUT2D eigenvalue weighted by atomic mass is 10.1. The van der Waals surface area contributed by atoms with Crippen LogP contribution in [0.1, 0.15) is 26.2 Å². The van der Waals surface area contributed by atoms with Crippen LogP contribution in [0.2, 0.25) is 0 Å². The van der Waals surface area contributed by atoms with E-state index in [4.69, 9.17) is 9.52 Å². The molecule has 0 saturated heterocycles. The van der Waals surface area contributed by atoms with Gasteiger partial charge in [-0.25, -0.2) is 9.18 Å². The van der Waals surface area contributed by atoms with Crippen molar-refractivity contribution in [1.29, 1.82) is 0 Å². The van der Waals surface area contributed by atoms with E-state index in [9.17, 15) is 9.18 Å². The first-order valence-electron chi connectivity index (χ1n) is 6.16. The van der Waals surface area contributed by atoms with E-state index in [1.807, 2.05) is 6.92 Å². The first-order valence-corrected chi connectivity index (χ1v) is 6.16. The van der Waals surface area contributed by atoms with Crippen molar-refractivity contribution in [2.75, 3.05) is 5.32 Å². The van der Waals surface area contributed by atoms with Gasteiger partial charge in [0.25, 0.3) is 6.01 Å². The van der Waals surface area contributed by atoms with Crippen molar-refractivity contribution in [3.8, 4) is 0 Å². The number of aliphatic carboxylic acids is 1. The zero-order chi connectivity index (χ0) is 13.8. The number of rotatable bonds is 6. The number of hydrogen-bond donors (Lipinski definition) is 2. The highest BCUT2D eigenvalue weighted by Gasteiger charge is 2.19. The molecule has 2 N–H and O–H groups in total. The Kier molecular flexibility index (Phi) is 3.99. The third-order valence-electron chi connectivity index (χ3n) is 2.81. The number of aromatic nitrogens is 1. The van der Waals surface area contributed by atoms with Crippen LogP contribution in [0.5, 0.6) is 0 Å². The molecule has 1 aromatic carbocycles. The maximum Gasteiger partial charge on any atom is 0.326 e. The third-order valence-corrected chi connectivity index (χ3v) is 2.81. The number of carboxylic acid groups (broad SMARTS) is 1. The lowest BCUT2D eigenvalue weighted by Gasteiger charge is -2.11. The molecule has 1 aromatic heterocycles. The number of hydrogen-bond acceptors (Lipinski definition) is 4. The van der Waals surface area contributed by atoms with Crippen molar-refractivity contribution in [2.45, 2.75) is 32.2 Å². The molecular weight excluding hydrogens is 251 g/mol. The summed E-state index contributed by atoms with van der Waals surface area (Å²) in [7, 11) is 0. The van der Waals surface area contributed by atoms with Gasteiger partial charge in [-0.1, -0.05) is 25.8 Å². The van der Waals surface area contributed by atoms with Gasteiger partial charge in [0.05, 0.1) is 0 Å². The summed E-state index contributed by atoms with van der Waals surface area (Å²) in [5.41, 5.74) is 0.395. The normalized spacial score (nSPS) is 12.5. The summed E-state index contributed by atoms with van der Waals surface area (Å²) in [6.07, 6.45) is 2.14. The second-order valence-corrected chi connectivity index (χ2v) is 4.28. The quantitative estimate of drug-likeness (QED) is 0.840. The topological polar surface area (TPSA) is 75.4 Å². The molecule has 0 saturated carbocycles. The van der Waals surface area contributed by atoms with Gasteiger partial charge in [-0.05, 0) is 18.6 Å². The Morgan fingerprint density at radius 1 is 1.58 bits per heavy atom. The molecule has 0 amide bonds. The van der Waals surface area contributed by atoms with Crippen LogP contribution in [-0.2, 0) is 4.79 Å². The van der Waals surface area contributed by atoms with E-state index in [2.05, 4.69) is 10.3 Å². The van der Waals surface area contributed by atoms with Crippen LogP contribution < -0.4 is 5.32 Å². The van der Waals surface area contributed by atoms with E-state index in [1.54, 1.807) is 6.07 Å². The molecular formula is C13H15FN2O3. The predicted octanol–water partition coefficient (Wildman–Crippen LogP) is 3.02. The molecule has 1 heterocycles. The molecule has 0 spiro atoms. The van der Waals surface area contributed by atoms with Crippen molar-refractivity contribution in [1.82, 2.24) is 4.98 Å². The van der Waals surface area contributed by atoms with Crippen molar-refractivity contribution in [2.24, 2.45) is 0 Å². The fourth-order valence-corrected chi connectivity index (χ4v) is 1.79. The van der Waals surface area contributed by atoms with Gasteiger partial charge < -0.3 is 14.8 Å². The standard InChI is InChI=1S/C13H15FN2O3/c1-2-3-6-9(12(17)18)15-13-16-11-8(14)5-4-7-10(11)19-13/h4-5,7,9H,2-3,6H2,1H3,(H,15,16)(H,17,18)/t9-/m0/s1. The summed E-state index contributed by atoms with van der Waals surface area (Å²) in [5.74, 6) is -1.47. The van der Waals surface area contributed by atoms with Gasteiger partial charge in [-0.2, -0.15) is 4.98 Å². The molecule has 0 aliphatic carbocycles. The molecule has 0 aliphatic heterocycles. The average molecular weight is 266 g/mol. The fraction of sp³-hybridized carbons (Fsp3) is 0.385. The Bertz CT molecular complexity index is 582. The van der Waals surface area contributed by atoms with Gasteiger partial charge in [-0.3, -0.25) is 0 Å². The fourth-order valence-electron chi connectivity index (χ4n) is 1.79. The molecule has 0 fully saturated rings. The van der Waals surface area contributed by atoms with E-state index < -0.39 is 17.8 Å². The van der Waals surface area contributed by atoms with E-state index >= 15 is 0 Å². The molecule has 0 bridgehead atoms. The minimum absolute atomic E-state index is 0.0311. The first-order chi connectivity index (χ1) is 9.11. The van der Waals surface area contributed by atoms with Gasteiger partial charge in [-0.15, -0.1) is 0 Å². The maximum atomic E-state index is 13.4. The van der Waals surface area contributed by atoms with Crippen LogP contribution in [0.15, 0.2) is 22.6 Å². The van der Waals surface area contributed by atoms with Crippen LogP contribution in [0, 0.1) is 5.82 Å².